The van der Waals surface area contributed by atoms with Crippen LogP contribution in [0.1, 0.15) is 12.7 Å². The zero-order valence-electron chi connectivity index (χ0n) is 11.4. The van der Waals surface area contributed by atoms with Gasteiger partial charge in [-0.3, -0.25) is 0 Å². The van der Waals surface area contributed by atoms with Crippen LogP contribution in [0.25, 0.3) is 11.3 Å². The van der Waals surface area contributed by atoms with Crippen molar-refractivity contribution in [3.05, 3.63) is 55.0 Å². The first-order valence-corrected chi connectivity index (χ1v) is 6.69. The van der Waals surface area contributed by atoms with Crippen LogP contribution in [-0.2, 0) is 13.1 Å². The first kappa shape index (κ1) is 12.5. The van der Waals surface area contributed by atoms with Crippen molar-refractivity contribution in [1.29, 1.82) is 0 Å². The van der Waals surface area contributed by atoms with Crippen LogP contribution in [0.5, 0.6) is 0 Å². The first-order valence-electron chi connectivity index (χ1n) is 6.69. The summed E-state index contributed by atoms with van der Waals surface area (Å²) >= 11 is 0. The highest BCUT2D eigenvalue weighted by molar-refractivity contribution is 5.61. The zero-order valence-corrected chi connectivity index (χ0v) is 11.4. The van der Waals surface area contributed by atoms with Gasteiger partial charge in [0.25, 0.3) is 0 Å². The molecular weight excluding hydrogens is 250 g/mol. The minimum atomic E-state index is 0.726. The average molecular weight is 267 g/mol. The van der Waals surface area contributed by atoms with E-state index in [1.54, 1.807) is 6.33 Å². The van der Waals surface area contributed by atoms with E-state index < -0.39 is 0 Å². The normalized spacial score (nSPS) is 10.7. The van der Waals surface area contributed by atoms with Gasteiger partial charge in [0.05, 0.1) is 24.8 Å². The summed E-state index contributed by atoms with van der Waals surface area (Å²) in [6.45, 7) is 3.78. The second kappa shape index (κ2) is 5.61. The molecule has 0 radical (unpaired) electrons. The lowest BCUT2D eigenvalue weighted by molar-refractivity contribution is 0.708. The van der Waals surface area contributed by atoms with Gasteiger partial charge in [0.15, 0.2) is 0 Å². The molecule has 0 spiro atoms. The standard InChI is InChI=1S/C15H17N5/c1-2-20-8-7-17-15(20)10-18-13-5-3-12(4-6-13)14-9-16-11-19-14/h3-9,11,18H,2,10H2,1H3,(H,16,19). The summed E-state index contributed by atoms with van der Waals surface area (Å²) in [5.74, 6) is 1.05. The van der Waals surface area contributed by atoms with Crippen LogP contribution in [0, 0.1) is 0 Å². The zero-order chi connectivity index (χ0) is 13.8. The van der Waals surface area contributed by atoms with Crippen LogP contribution >= 0.6 is 0 Å². The highest BCUT2D eigenvalue weighted by Gasteiger charge is 2.02. The van der Waals surface area contributed by atoms with Crippen LogP contribution in [0.15, 0.2) is 49.2 Å². The molecule has 0 aliphatic heterocycles. The number of benzene rings is 1. The van der Waals surface area contributed by atoms with Gasteiger partial charge in [-0.25, -0.2) is 9.97 Å². The fourth-order valence-electron chi connectivity index (χ4n) is 2.16. The first-order chi connectivity index (χ1) is 9.86. The van der Waals surface area contributed by atoms with E-state index in [9.17, 15) is 0 Å². The molecule has 0 saturated carbocycles. The Hall–Kier alpha value is -2.56. The van der Waals surface area contributed by atoms with Crippen molar-refractivity contribution in [2.45, 2.75) is 20.0 Å². The molecule has 5 nitrogen and oxygen atoms in total. The number of aromatic nitrogens is 4. The minimum absolute atomic E-state index is 0.726. The largest absolute Gasteiger partial charge is 0.378 e. The molecule has 0 unspecified atom stereocenters. The topological polar surface area (TPSA) is 58.5 Å². The fourth-order valence-corrected chi connectivity index (χ4v) is 2.16. The van der Waals surface area contributed by atoms with Gasteiger partial charge < -0.3 is 14.9 Å². The Morgan fingerprint density at radius 3 is 2.80 bits per heavy atom. The Balaban J connectivity index is 1.67. The van der Waals surface area contributed by atoms with E-state index in [1.165, 1.54) is 0 Å². The number of nitrogens with one attached hydrogen (secondary N) is 2. The summed E-state index contributed by atoms with van der Waals surface area (Å²) in [4.78, 5) is 11.5. The number of anilines is 1. The number of rotatable bonds is 5. The maximum atomic E-state index is 4.35. The molecule has 20 heavy (non-hydrogen) atoms. The monoisotopic (exact) mass is 267 g/mol. The van der Waals surface area contributed by atoms with Gasteiger partial charge in [-0.1, -0.05) is 12.1 Å². The number of nitrogens with zero attached hydrogens (tertiary/aromatic N) is 3. The number of imidazole rings is 2. The lowest BCUT2D eigenvalue weighted by Crippen LogP contribution is -2.07. The molecule has 5 heteroatoms. The third-order valence-corrected chi connectivity index (χ3v) is 3.29. The summed E-state index contributed by atoms with van der Waals surface area (Å²) in [5, 5.41) is 3.39. The van der Waals surface area contributed by atoms with Crippen molar-refractivity contribution in [2.75, 3.05) is 5.32 Å². The van der Waals surface area contributed by atoms with Crippen molar-refractivity contribution in [1.82, 2.24) is 19.5 Å². The summed E-state index contributed by atoms with van der Waals surface area (Å²) < 4.78 is 2.13. The van der Waals surface area contributed by atoms with E-state index in [-0.39, 0.29) is 0 Å². The molecule has 0 aliphatic rings. The van der Waals surface area contributed by atoms with Crippen molar-refractivity contribution < 1.29 is 0 Å². The molecule has 3 rings (SSSR count). The summed E-state index contributed by atoms with van der Waals surface area (Å²) in [7, 11) is 0. The molecule has 0 aliphatic carbocycles. The van der Waals surface area contributed by atoms with Crippen molar-refractivity contribution in [3.63, 3.8) is 0 Å². The Morgan fingerprint density at radius 2 is 2.10 bits per heavy atom. The molecule has 2 heterocycles. The van der Waals surface area contributed by atoms with Crippen molar-refractivity contribution >= 4 is 5.69 Å². The van der Waals surface area contributed by atoms with Gasteiger partial charge >= 0.3 is 0 Å². The fraction of sp³-hybridized carbons (Fsp3) is 0.200. The Kier molecular flexibility index (Phi) is 3.50. The number of H-pyrrole nitrogens is 1. The van der Waals surface area contributed by atoms with Gasteiger partial charge in [-0.15, -0.1) is 0 Å². The second-order valence-electron chi connectivity index (χ2n) is 4.53. The van der Waals surface area contributed by atoms with Crippen LogP contribution < -0.4 is 5.32 Å². The molecule has 0 amide bonds. The maximum Gasteiger partial charge on any atom is 0.128 e. The molecule has 0 atom stereocenters. The lowest BCUT2D eigenvalue weighted by Gasteiger charge is -2.08. The Bertz CT molecular complexity index is 652. The highest BCUT2D eigenvalue weighted by atomic mass is 15.1. The van der Waals surface area contributed by atoms with Crippen molar-refractivity contribution in [3.8, 4) is 11.3 Å². The Morgan fingerprint density at radius 1 is 1.25 bits per heavy atom. The minimum Gasteiger partial charge on any atom is -0.378 e. The molecular formula is C15H17N5. The van der Waals surface area contributed by atoms with E-state index in [0.29, 0.717) is 0 Å². The van der Waals surface area contributed by atoms with Crippen LogP contribution in [0.4, 0.5) is 5.69 Å². The third kappa shape index (κ3) is 2.56. The third-order valence-electron chi connectivity index (χ3n) is 3.29. The van der Waals surface area contributed by atoms with Gasteiger partial charge in [-0.05, 0) is 24.6 Å². The van der Waals surface area contributed by atoms with Gasteiger partial charge in [0, 0.05) is 24.6 Å². The van der Waals surface area contributed by atoms with Gasteiger partial charge in [-0.2, -0.15) is 0 Å². The highest BCUT2D eigenvalue weighted by Crippen LogP contribution is 2.19. The van der Waals surface area contributed by atoms with E-state index in [1.807, 2.05) is 18.6 Å². The summed E-state index contributed by atoms with van der Waals surface area (Å²) in [5.41, 5.74) is 3.24. The van der Waals surface area contributed by atoms with Crippen LogP contribution in [0.2, 0.25) is 0 Å². The van der Waals surface area contributed by atoms with Crippen molar-refractivity contribution in [2.24, 2.45) is 0 Å². The summed E-state index contributed by atoms with van der Waals surface area (Å²) in [6, 6.07) is 8.27. The molecule has 2 N–H and O–H groups in total. The SMILES string of the molecule is CCn1ccnc1CNc1ccc(-c2cnc[nH]2)cc1. The molecule has 0 bridgehead atoms. The molecule has 0 fully saturated rings. The van der Waals surface area contributed by atoms with E-state index in [4.69, 9.17) is 0 Å². The predicted molar refractivity (Wildman–Crippen MR) is 79.3 cm³/mol. The lowest BCUT2D eigenvalue weighted by atomic mass is 10.1. The molecule has 2 aromatic heterocycles. The van der Waals surface area contributed by atoms with Gasteiger partial charge in [0.2, 0.25) is 0 Å². The molecule has 3 aromatic rings. The maximum absolute atomic E-state index is 4.35. The number of hydrogen-bond acceptors (Lipinski definition) is 3. The number of hydrogen-bond donors (Lipinski definition) is 2. The number of aromatic amines is 1. The second-order valence-corrected chi connectivity index (χ2v) is 4.53. The number of aryl methyl sites for hydroxylation is 1. The quantitative estimate of drug-likeness (QED) is 0.747. The smallest absolute Gasteiger partial charge is 0.128 e. The predicted octanol–water partition coefficient (Wildman–Crippen LogP) is 2.91. The molecule has 1 aromatic carbocycles. The van der Waals surface area contributed by atoms with E-state index >= 15 is 0 Å². The van der Waals surface area contributed by atoms with Crippen LogP contribution in [-0.4, -0.2) is 19.5 Å². The van der Waals surface area contributed by atoms with Crippen LogP contribution in [0.3, 0.4) is 0 Å². The Labute approximate surface area is 117 Å². The average Bonchev–Trinajstić information content (AvgIpc) is 3.16. The molecule has 102 valence electrons. The molecule has 0 saturated heterocycles. The summed E-state index contributed by atoms with van der Waals surface area (Å²) in [6.07, 6.45) is 7.34. The van der Waals surface area contributed by atoms with Gasteiger partial charge in [0.1, 0.15) is 5.82 Å². The van der Waals surface area contributed by atoms with E-state index in [2.05, 4.69) is 56.0 Å². The van der Waals surface area contributed by atoms with E-state index in [0.717, 1.165) is 35.9 Å².